The van der Waals surface area contributed by atoms with Crippen LogP contribution in [0.1, 0.15) is 30.0 Å². The highest BCUT2D eigenvalue weighted by Crippen LogP contribution is 2.10. The van der Waals surface area contributed by atoms with Crippen LogP contribution < -0.4 is 5.73 Å². The number of aromatic nitrogens is 4. The van der Waals surface area contributed by atoms with Gasteiger partial charge in [0.15, 0.2) is 0 Å². The summed E-state index contributed by atoms with van der Waals surface area (Å²) in [4.78, 5) is 8.38. The lowest BCUT2D eigenvalue weighted by molar-refractivity contribution is 0.659. The van der Waals surface area contributed by atoms with Gasteiger partial charge in [0.2, 0.25) is 0 Å². The average Bonchev–Trinajstić information content (AvgIpc) is 2.83. The Hall–Kier alpha value is -1.75. The summed E-state index contributed by atoms with van der Waals surface area (Å²) in [5.74, 6) is 0.696. The van der Waals surface area contributed by atoms with Gasteiger partial charge in [-0.3, -0.25) is 10.1 Å². The van der Waals surface area contributed by atoms with Gasteiger partial charge in [0.05, 0.1) is 6.04 Å². The predicted octanol–water partition coefficient (Wildman–Crippen LogP) is 1.00. The highest BCUT2D eigenvalue weighted by molar-refractivity contribution is 5.15. The van der Waals surface area contributed by atoms with Gasteiger partial charge >= 0.3 is 0 Å². The van der Waals surface area contributed by atoms with E-state index in [2.05, 4.69) is 33.2 Å². The van der Waals surface area contributed by atoms with Crippen molar-refractivity contribution in [3.63, 3.8) is 0 Å². The van der Waals surface area contributed by atoms with Crippen LogP contribution in [0, 0.1) is 0 Å². The van der Waals surface area contributed by atoms with E-state index in [9.17, 15) is 0 Å². The van der Waals surface area contributed by atoms with Crippen molar-refractivity contribution in [2.45, 2.75) is 25.8 Å². The molecule has 5 heteroatoms. The van der Waals surface area contributed by atoms with Crippen LogP contribution in [-0.2, 0) is 12.8 Å². The number of aryl methyl sites for hydroxylation is 1. The normalized spacial score (nSPS) is 12.6. The first-order chi connectivity index (χ1) is 7.79. The number of nitrogens with zero attached hydrogens (tertiary/aromatic N) is 3. The number of hydrogen-bond donors (Lipinski definition) is 2. The Morgan fingerprint density at radius 1 is 1.38 bits per heavy atom. The van der Waals surface area contributed by atoms with Crippen molar-refractivity contribution in [2.75, 3.05) is 0 Å². The zero-order chi connectivity index (χ0) is 11.4. The summed E-state index contributed by atoms with van der Waals surface area (Å²) in [6.45, 7) is 2.11. The van der Waals surface area contributed by atoms with Gasteiger partial charge in [-0.25, -0.2) is 4.98 Å². The molecule has 1 unspecified atom stereocenters. The summed E-state index contributed by atoms with van der Waals surface area (Å²) in [6, 6.07) is 3.91. The van der Waals surface area contributed by atoms with Gasteiger partial charge in [-0.1, -0.05) is 13.0 Å². The second kappa shape index (κ2) is 4.85. The van der Waals surface area contributed by atoms with Gasteiger partial charge in [0, 0.05) is 18.3 Å². The molecule has 0 amide bonds. The first-order valence-corrected chi connectivity index (χ1v) is 5.34. The molecule has 0 aliphatic rings. The second-order valence-corrected chi connectivity index (χ2v) is 3.69. The van der Waals surface area contributed by atoms with Gasteiger partial charge < -0.3 is 5.73 Å². The molecular formula is C11H15N5. The Bertz CT molecular complexity index is 420. The van der Waals surface area contributed by atoms with E-state index in [0.717, 1.165) is 12.1 Å². The highest BCUT2D eigenvalue weighted by Gasteiger charge is 2.10. The van der Waals surface area contributed by atoms with Crippen LogP contribution in [0.15, 0.2) is 24.7 Å². The molecule has 2 aromatic heterocycles. The van der Waals surface area contributed by atoms with Crippen LogP contribution in [0.25, 0.3) is 0 Å². The molecule has 5 nitrogen and oxygen atoms in total. The lowest BCUT2D eigenvalue weighted by Gasteiger charge is -2.07. The number of hydrogen-bond acceptors (Lipinski definition) is 4. The van der Waals surface area contributed by atoms with E-state index in [1.807, 2.05) is 12.3 Å². The number of pyridine rings is 1. The van der Waals surface area contributed by atoms with Gasteiger partial charge in [0.25, 0.3) is 0 Å². The van der Waals surface area contributed by atoms with Crippen LogP contribution in [0.5, 0.6) is 0 Å². The minimum absolute atomic E-state index is 0.178. The number of H-pyrrole nitrogens is 1. The van der Waals surface area contributed by atoms with Crippen LogP contribution in [-0.4, -0.2) is 20.2 Å². The van der Waals surface area contributed by atoms with Crippen molar-refractivity contribution in [2.24, 2.45) is 5.73 Å². The first-order valence-electron chi connectivity index (χ1n) is 5.34. The molecule has 1 atom stereocenters. The monoisotopic (exact) mass is 217 g/mol. The van der Waals surface area contributed by atoms with E-state index in [0.29, 0.717) is 12.2 Å². The van der Waals surface area contributed by atoms with Crippen molar-refractivity contribution < 1.29 is 0 Å². The smallest absolute Gasteiger partial charge is 0.141 e. The molecule has 0 bridgehead atoms. The third-order valence-electron chi connectivity index (χ3n) is 2.51. The standard InChI is InChI=1S/C11H15N5/c1-2-8-3-4-9(13-6-8)5-10(12)11-14-7-15-16-11/h3-4,6-7,10H,2,5,12H2,1H3,(H,14,15,16). The van der Waals surface area contributed by atoms with E-state index in [4.69, 9.17) is 5.73 Å². The van der Waals surface area contributed by atoms with Crippen LogP contribution in [0.4, 0.5) is 0 Å². The Labute approximate surface area is 94.1 Å². The molecule has 16 heavy (non-hydrogen) atoms. The summed E-state index contributed by atoms with van der Waals surface area (Å²) in [5.41, 5.74) is 8.17. The molecular weight excluding hydrogens is 202 g/mol. The number of nitrogens with two attached hydrogens (primary N) is 1. The van der Waals surface area contributed by atoms with E-state index in [1.54, 1.807) is 0 Å². The van der Waals surface area contributed by atoms with Crippen molar-refractivity contribution in [1.29, 1.82) is 0 Å². The molecule has 2 aromatic rings. The maximum atomic E-state index is 5.97. The Morgan fingerprint density at radius 2 is 2.25 bits per heavy atom. The average molecular weight is 217 g/mol. The van der Waals surface area contributed by atoms with Gasteiger partial charge in [-0.2, -0.15) is 5.10 Å². The highest BCUT2D eigenvalue weighted by atomic mass is 15.2. The summed E-state index contributed by atoms with van der Waals surface area (Å²) in [5, 5.41) is 6.54. The fourth-order valence-electron chi connectivity index (χ4n) is 1.50. The predicted molar refractivity (Wildman–Crippen MR) is 60.6 cm³/mol. The maximum Gasteiger partial charge on any atom is 0.141 e. The Morgan fingerprint density at radius 3 is 2.81 bits per heavy atom. The van der Waals surface area contributed by atoms with Crippen LogP contribution in [0.3, 0.4) is 0 Å². The lowest BCUT2D eigenvalue weighted by Crippen LogP contribution is -2.15. The maximum absolute atomic E-state index is 5.97. The first kappa shape index (κ1) is 10.8. The molecule has 0 aliphatic heterocycles. The van der Waals surface area contributed by atoms with Crippen LogP contribution in [0.2, 0.25) is 0 Å². The molecule has 0 saturated carbocycles. The van der Waals surface area contributed by atoms with E-state index < -0.39 is 0 Å². The topological polar surface area (TPSA) is 80.5 Å². The fourth-order valence-corrected chi connectivity index (χ4v) is 1.50. The quantitative estimate of drug-likeness (QED) is 0.800. The fraction of sp³-hybridized carbons (Fsp3) is 0.364. The van der Waals surface area contributed by atoms with E-state index >= 15 is 0 Å². The third kappa shape index (κ3) is 2.43. The number of rotatable bonds is 4. The minimum atomic E-state index is -0.178. The largest absolute Gasteiger partial charge is 0.321 e. The van der Waals surface area contributed by atoms with E-state index in [-0.39, 0.29) is 6.04 Å². The lowest BCUT2D eigenvalue weighted by atomic mass is 10.1. The second-order valence-electron chi connectivity index (χ2n) is 3.69. The zero-order valence-electron chi connectivity index (χ0n) is 9.22. The van der Waals surface area contributed by atoms with Crippen molar-refractivity contribution >= 4 is 0 Å². The molecule has 0 spiro atoms. The minimum Gasteiger partial charge on any atom is -0.321 e. The molecule has 2 rings (SSSR count). The van der Waals surface area contributed by atoms with Crippen molar-refractivity contribution in [1.82, 2.24) is 20.2 Å². The third-order valence-corrected chi connectivity index (χ3v) is 2.51. The van der Waals surface area contributed by atoms with Gasteiger partial charge in [-0.15, -0.1) is 0 Å². The van der Waals surface area contributed by atoms with Crippen LogP contribution >= 0.6 is 0 Å². The van der Waals surface area contributed by atoms with Gasteiger partial charge in [-0.05, 0) is 18.1 Å². The Kier molecular flexibility index (Phi) is 3.26. The summed E-state index contributed by atoms with van der Waals surface area (Å²) < 4.78 is 0. The zero-order valence-corrected chi connectivity index (χ0v) is 9.22. The molecule has 0 aromatic carbocycles. The summed E-state index contributed by atoms with van der Waals surface area (Å²) in [7, 11) is 0. The molecule has 0 fully saturated rings. The molecule has 0 saturated heterocycles. The summed E-state index contributed by atoms with van der Waals surface area (Å²) in [6.07, 6.45) is 5.02. The number of aromatic amines is 1. The SMILES string of the molecule is CCc1ccc(CC(N)c2ncn[nH]2)nc1. The molecule has 84 valence electrons. The molecule has 0 radical (unpaired) electrons. The molecule has 0 aliphatic carbocycles. The molecule has 3 N–H and O–H groups in total. The van der Waals surface area contributed by atoms with E-state index in [1.165, 1.54) is 11.9 Å². The number of nitrogens with one attached hydrogen (secondary N) is 1. The molecule has 2 heterocycles. The van der Waals surface area contributed by atoms with Gasteiger partial charge in [0.1, 0.15) is 12.2 Å². The van der Waals surface area contributed by atoms with Crippen molar-refractivity contribution in [3.8, 4) is 0 Å². The Balaban J connectivity index is 2.03. The van der Waals surface area contributed by atoms with Crippen molar-refractivity contribution in [3.05, 3.63) is 41.7 Å². The summed E-state index contributed by atoms with van der Waals surface area (Å²) >= 11 is 0.